The van der Waals surface area contributed by atoms with Crippen molar-refractivity contribution in [2.45, 2.75) is 20.8 Å². The van der Waals surface area contributed by atoms with Crippen LogP contribution in [0.15, 0.2) is 71.0 Å². The number of azo groups is 1. The number of imidazole rings is 1. The Bertz CT molecular complexity index is 1160. The molecule has 0 aliphatic heterocycles. The molecule has 5 nitrogen and oxygen atoms in total. The van der Waals surface area contributed by atoms with Gasteiger partial charge in [-0.1, -0.05) is 18.2 Å². The van der Waals surface area contributed by atoms with Gasteiger partial charge in [0.1, 0.15) is 17.1 Å². The largest absolute Gasteiger partial charge is 0.508 e. The number of pyridine rings is 1. The SMILES string of the molecule is Cc1ccc2nc(-c3ccc(C)c(C)c3)c(N=Nc3ccc(O)cc3)n2c1. The molecule has 0 radical (unpaired) electrons. The van der Waals surface area contributed by atoms with Crippen LogP contribution in [-0.4, -0.2) is 14.5 Å². The number of nitrogens with zero attached hydrogens (tertiary/aromatic N) is 4. The minimum Gasteiger partial charge on any atom is -0.508 e. The van der Waals surface area contributed by atoms with Crippen molar-refractivity contribution in [2.75, 3.05) is 0 Å². The van der Waals surface area contributed by atoms with Gasteiger partial charge in [0.05, 0.1) is 5.69 Å². The summed E-state index contributed by atoms with van der Waals surface area (Å²) in [6.45, 7) is 6.23. The maximum atomic E-state index is 9.44. The first-order valence-electron chi connectivity index (χ1n) is 8.78. The summed E-state index contributed by atoms with van der Waals surface area (Å²) < 4.78 is 1.96. The molecule has 0 saturated carbocycles. The van der Waals surface area contributed by atoms with E-state index in [9.17, 15) is 5.11 Å². The van der Waals surface area contributed by atoms with Crippen LogP contribution >= 0.6 is 0 Å². The lowest BCUT2D eigenvalue weighted by molar-refractivity contribution is 0.475. The number of aryl methyl sites for hydroxylation is 3. The molecule has 0 fully saturated rings. The molecule has 134 valence electrons. The molecule has 27 heavy (non-hydrogen) atoms. The number of phenols is 1. The van der Waals surface area contributed by atoms with Crippen LogP contribution in [0.5, 0.6) is 5.75 Å². The zero-order valence-corrected chi connectivity index (χ0v) is 15.5. The van der Waals surface area contributed by atoms with E-state index in [1.54, 1.807) is 24.3 Å². The quantitative estimate of drug-likeness (QED) is 0.454. The van der Waals surface area contributed by atoms with E-state index < -0.39 is 0 Å². The lowest BCUT2D eigenvalue weighted by Crippen LogP contribution is -1.85. The number of hydrogen-bond donors (Lipinski definition) is 1. The van der Waals surface area contributed by atoms with E-state index in [4.69, 9.17) is 4.98 Å². The first-order chi connectivity index (χ1) is 13.0. The van der Waals surface area contributed by atoms with Crippen LogP contribution in [0.2, 0.25) is 0 Å². The summed E-state index contributed by atoms with van der Waals surface area (Å²) in [5, 5.41) is 18.3. The number of benzene rings is 2. The highest BCUT2D eigenvalue weighted by molar-refractivity contribution is 5.75. The molecule has 0 amide bonds. The predicted octanol–water partition coefficient (Wildman–Crippen LogP) is 6.05. The van der Waals surface area contributed by atoms with Crippen molar-refractivity contribution in [1.82, 2.24) is 9.38 Å². The third-order valence-corrected chi connectivity index (χ3v) is 4.63. The Morgan fingerprint density at radius 3 is 2.37 bits per heavy atom. The molecule has 0 aliphatic rings. The van der Waals surface area contributed by atoms with Gasteiger partial charge in [0.15, 0.2) is 5.82 Å². The Hall–Kier alpha value is -3.47. The van der Waals surface area contributed by atoms with Crippen LogP contribution in [-0.2, 0) is 0 Å². The highest BCUT2D eigenvalue weighted by Gasteiger charge is 2.15. The average Bonchev–Trinajstić information content (AvgIpc) is 3.01. The molecule has 0 aliphatic carbocycles. The molecule has 0 bridgehead atoms. The van der Waals surface area contributed by atoms with E-state index in [0.29, 0.717) is 11.5 Å². The van der Waals surface area contributed by atoms with Gasteiger partial charge in [0.2, 0.25) is 0 Å². The summed E-state index contributed by atoms with van der Waals surface area (Å²) in [7, 11) is 0. The Balaban J connectivity index is 1.89. The maximum absolute atomic E-state index is 9.44. The number of hydrogen-bond acceptors (Lipinski definition) is 4. The van der Waals surface area contributed by atoms with Crippen molar-refractivity contribution in [1.29, 1.82) is 0 Å². The number of phenolic OH excluding ortho intramolecular Hbond substituents is 1. The van der Waals surface area contributed by atoms with Gasteiger partial charge in [0, 0.05) is 11.8 Å². The number of aromatic hydroxyl groups is 1. The van der Waals surface area contributed by atoms with E-state index in [1.165, 1.54) is 11.1 Å². The van der Waals surface area contributed by atoms with Crippen LogP contribution in [0, 0.1) is 20.8 Å². The zero-order valence-electron chi connectivity index (χ0n) is 15.5. The number of fused-ring (bicyclic) bond motifs is 1. The molecule has 0 unspecified atom stereocenters. The zero-order chi connectivity index (χ0) is 19.0. The van der Waals surface area contributed by atoms with E-state index in [-0.39, 0.29) is 5.75 Å². The van der Waals surface area contributed by atoms with Crippen molar-refractivity contribution < 1.29 is 5.11 Å². The monoisotopic (exact) mass is 356 g/mol. The Morgan fingerprint density at radius 2 is 1.63 bits per heavy atom. The van der Waals surface area contributed by atoms with Gasteiger partial charge in [-0.2, -0.15) is 0 Å². The fraction of sp³-hybridized carbons (Fsp3) is 0.136. The molecule has 0 spiro atoms. The Labute approximate surface area is 157 Å². The molecular weight excluding hydrogens is 336 g/mol. The van der Waals surface area contributed by atoms with Crippen LogP contribution in [0.25, 0.3) is 16.9 Å². The molecule has 2 aromatic heterocycles. The third-order valence-electron chi connectivity index (χ3n) is 4.63. The molecule has 2 heterocycles. The van der Waals surface area contributed by atoms with Crippen molar-refractivity contribution >= 4 is 17.2 Å². The number of aromatic nitrogens is 2. The van der Waals surface area contributed by atoms with Crippen LogP contribution in [0.1, 0.15) is 16.7 Å². The van der Waals surface area contributed by atoms with Gasteiger partial charge in [-0.15, -0.1) is 10.2 Å². The second-order valence-corrected chi connectivity index (χ2v) is 6.73. The summed E-state index contributed by atoms with van der Waals surface area (Å²) in [4.78, 5) is 4.79. The molecule has 0 saturated heterocycles. The Kier molecular flexibility index (Phi) is 4.20. The topological polar surface area (TPSA) is 62.2 Å². The van der Waals surface area contributed by atoms with Crippen molar-refractivity contribution in [3.63, 3.8) is 0 Å². The van der Waals surface area contributed by atoms with Gasteiger partial charge in [0.25, 0.3) is 0 Å². The second-order valence-electron chi connectivity index (χ2n) is 6.73. The molecule has 1 N–H and O–H groups in total. The van der Waals surface area contributed by atoms with Gasteiger partial charge in [-0.3, -0.25) is 4.40 Å². The summed E-state index contributed by atoms with van der Waals surface area (Å²) >= 11 is 0. The van der Waals surface area contributed by atoms with Crippen molar-refractivity contribution in [3.05, 3.63) is 77.5 Å². The van der Waals surface area contributed by atoms with Crippen molar-refractivity contribution in [3.8, 4) is 17.0 Å². The van der Waals surface area contributed by atoms with Gasteiger partial charge >= 0.3 is 0 Å². The van der Waals surface area contributed by atoms with E-state index >= 15 is 0 Å². The minimum absolute atomic E-state index is 0.204. The molecule has 4 aromatic rings. The summed E-state index contributed by atoms with van der Waals surface area (Å²) in [6.07, 6.45) is 2.01. The molecule has 0 atom stereocenters. The smallest absolute Gasteiger partial charge is 0.187 e. The number of rotatable bonds is 3. The highest BCUT2D eigenvalue weighted by atomic mass is 16.3. The highest BCUT2D eigenvalue weighted by Crippen LogP contribution is 2.33. The van der Waals surface area contributed by atoms with Crippen LogP contribution < -0.4 is 0 Å². The molecule has 4 rings (SSSR count). The Morgan fingerprint density at radius 1 is 0.852 bits per heavy atom. The fourth-order valence-corrected chi connectivity index (χ4v) is 2.94. The molecular formula is C22H20N4O. The lowest BCUT2D eigenvalue weighted by atomic mass is 10.0. The van der Waals surface area contributed by atoms with Gasteiger partial charge < -0.3 is 5.11 Å². The summed E-state index contributed by atoms with van der Waals surface area (Å²) in [5.74, 6) is 0.889. The first-order valence-corrected chi connectivity index (χ1v) is 8.78. The second kappa shape index (κ2) is 6.68. The predicted molar refractivity (Wildman–Crippen MR) is 107 cm³/mol. The van der Waals surface area contributed by atoms with E-state index in [1.807, 2.05) is 29.7 Å². The van der Waals surface area contributed by atoms with Gasteiger partial charge in [-0.25, -0.2) is 4.98 Å². The van der Waals surface area contributed by atoms with E-state index in [2.05, 4.69) is 42.3 Å². The first kappa shape index (κ1) is 17.0. The average molecular weight is 356 g/mol. The van der Waals surface area contributed by atoms with Crippen molar-refractivity contribution in [2.24, 2.45) is 10.2 Å². The summed E-state index contributed by atoms with van der Waals surface area (Å²) in [5.41, 5.74) is 6.88. The van der Waals surface area contributed by atoms with Crippen LogP contribution in [0.4, 0.5) is 11.5 Å². The third kappa shape index (κ3) is 3.31. The molecule has 5 heteroatoms. The van der Waals surface area contributed by atoms with Gasteiger partial charge in [-0.05, 0) is 73.9 Å². The standard InChI is InChI=1S/C22H20N4O/c1-14-4-11-20-23-21(17-6-5-15(2)16(3)12-17)22(26(20)13-14)25-24-18-7-9-19(27)10-8-18/h4-13,27H,1-3H3. The molecule has 2 aromatic carbocycles. The summed E-state index contributed by atoms with van der Waals surface area (Å²) in [6, 6.07) is 17.0. The van der Waals surface area contributed by atoms with Crippen LogP contribution in [0.3, 0.4) is 0 Å². The van der Waals surface area contributed by atoms with E-state index in [0.717, 1.165) is 22.5 Å². The lowest BCUT2D eigenvalue weighted by Gasteiger charge is -2.04. The minimum atomic E-state index is 0.204. The maximum Gasteiger partial charge on any atom is 0.187 e. The normalized spacial score (nSPS) is 11.5. The fourth-order valence-electron chi connectivity index (χ4n) is 2.94.